The molecule has 1 aliphatic rings. The fourth-order valence-electron chi connectivity index (χ4n) is 3.91. The highest BCUT2D eigenvalue weighted by Gasteiger charge is 2.46. The lowest BCUT2D eigenvalue weighted by Crippen LogP contribution is -2.30. The number of Topliss-reactive ketones (excluding diaryl/α,β-unsaturated/α-hetero) is 1. The minimum absolute atomic E-state index is 0.0230. The van der Waals surface area contributed by atoms with Gasteiger partial charge in [-0.25, -0.2) is 0 Å². The van der Waals surface area contributed by atoms with E-state index in [2.05, 4.69) is 6.92 Å². The molecule has 1 N–H and O–H groups in total. The lowest BCUT2D eigenvalue weighted by atomic mass is 9.94. The van der Waals surface area contributed by atoms with Crippen molar-refractivity contribution in [1.82, 2.24) is 4.90 Å². The highest BCUT2D eigenvalue weighted by atomic mass is 35.5. The molecular formula is C25H28ClNO5. The number of aryl methyl sites for hydroxylation is 1. The number of unbranched alkanes of at least 4 members (excludes halogenated alkanes) is 1. The molecule has 1 unspecified atom stereocenters. The van der Waals surface area contributed by atoms with Crippen LogP contribution in [0, 0.1) is 0 Å². The number of hydrogen-bond acceptors (Lipinski definition) is 5. The Balaban J connectivity index is 2.22. The molecule has 1 atom stereocenters. The molecule has 0 spiro atoms. The van der Waals surface area contributed by atoms with Gasteiger partial charge in [-0.1, -0.05) is 56.1 Å². The maximum Gasteiger partial charge on any atom is 0.295 e. The van der Waals surface area contributed by atoms with Crippen molar-refractivity contribution < 1.29 is 24.2 Å². The highest BCUT2D eigenvalue weighted by molar-refractivity contribution is 6.46. The molecule has 170 valence electrons. The Hall–Kier alpha value is -2.99. The van der Waals surface area contributed by atoms with Crippen LogP contribution in [0.15, 0.2) is 42.0 Å². The van der Waals surface area contributed by atoms with Gasteiger partial charge in [0, 0.05) is 12.6 Å². The van der Waals surface area contributed by atoms with Crippen molar-refractivity contribution in [2.75, 3.05) is 20.8 Å². The zero-order valence-corrected chi connectivity index (χ0v) is 19.5. The number of hydrogen-bond donors (Lipinski definition) is 1. The number of carbonyl (C=O) groups excluding carboxylic acids is 2. The predicted octanol–water partition coefficient (Wildman–Crippen LogP) is 5.14. The van der Waals surface area contributed by atoms with Gasteiger partial charge in [0.15, 0.2) is 0 Å². The lowest BCUT2D eigenvalue weighted by molar-refractivity contribution is -0.139. The van der Waals surface area contributed by atoms with Gasteiger partial charge in [-0.15, -0.1) is 0 Å². The molecular weight excluding hydrogens is 430 g/mol. The number of carbonyl (C=O) groups is 2. The second-order valence-corrected chi connectivity index (χ2v) is 8.04. The maximum atomic E-state index is 13.1. The van der Waals surface area contributed by atoms with Crippen LogP contribution in [0.5, 0.6) is 11.5 Å². The van der Waals surface area contributed by atoms with E-state index in [9.17, 15) is 14.7 Å². The van der Waals surface area contributed by atoms with Crippen LogP contribution in [0.1, 0.15) is 49.4 Å². The Bertz CT molecular complexity index is 1050. The van der Waals surface area contributed by atoms with E-state index in [0.29, 0.717) is 12.3 Å². The third kappa shape index (κ3) is 4.32. The van der Waals surface area contributed by atoms with Gasteiger partial charge in [-0.05, 0) is 30.0 Å². The Morgan fingerprint density at radius 1 is 1.06 bits per heavy atom. The fourth-order valence-corrected chi connectivity index (χ4v) is 4.15. The molecule has 3 rings (SSSR count). The number of aliphatic hydroxyl groups excluding tert-OH is 1. The number of methoxy groups -OCH3 is 2. The van der Waals surface area contributed by atoms with Crippen LogP contribution in [0.3, 0.4) is 0 Å². The standard InChI is InChI=1S/C25H28ClNO5/c1-5-7-12-27-22(16-10-8-15(6-2)9-11-16)21(24(29)25(27)30)23(28)17-13-18(26)20(32-4)14-19(17)31-3/h8-11,13-14,22,28H,5-7,12H2,1-4H3/b23-21+. The second kappa shape index (κ2) is 10.1. The number of nitrogens with zero attached hydrogens (tertiary/aromatic N) is 1. The van der Waals surface area contributed by atoms with Crippen molar-refractivity contribution in [2.24, 2.45) is 0 Å². The summed E-state index contributed by atoms with van der Waals surface area (Å²) in [6.45, 7) is 4.49. The van der Waals surface area contributed by atoms with Crippen molar-refractivity contribution in [3.8, 4) is 11.5 Å². The second-order valence-electron chi connectivity index (χ2n) is 7.63. The smallest absolute Gasteiger partial charge is 0.295 e. The first-order valence-electron chi connectivity index (χ1n) is 10.7. The van der Waals surface area contributed by atoms with Crippen molar-refractivity contribution in [2.45, 2.75) is 39.2 Å². The van der Waals surface area contributed by atoms with E-state index in [0.717, 1.165) is 30.4 Å². The number of rotatable bonds is 8. The molecule has 0 bridgehead atoms. The third-order valence-electron chi connectivity index (χ3n) is 5.73. The molecule has 7 heteroatoms. The summed E-state index contributed by atoms with van der Waals surface area (Å²) in [6, 6.07) is 10.1. The molecule has 0 saturated carbocycles. The van der Waals surface area contributed by atoms with Crippen LogP contribution >= 0.6 is 11.6 Å². The van der Waals surface area contributed by atoms with Crippen LogP contribution in [0.4, 0.5) is 0 Å². The summed E-state index contributed by atoms with van der Waals surface area (Å²) in [6.07, 6.45) is 2.48. The first-order valence-corrected chi connectivity index (χ1v) is 11.0. The fraction of sp³-hybridized carbons (Fsp3) is 0.360. The van der Waals surface area contributed by atoms with E-state index >= 15 is 0 Å². The highest BCUT2D eigenvalue weighted by Crippen LogP contribution is 2.43. The summed E-state index contributed by atoms with van der Waals surface area (Å²) < 4.78 is 10.6. The van der Waals surface area contributed by atoms with Crippen molar-refractivity contribution in [1.29, 1.82) is 0 Å². The van der Waals surface area contributed by atoms with Crippen molar-refractivity contribution in [3.63, 3.8) is 0 Å². The monoisotopic (exact) mass is 457 g/mol. The summed E-state index contributed by atoms with van der Waals surface area (Å²) in [5, 5.41) is 11.5. The molecule has 1 heterocycles. The van der Waals surface area contributed by atoms with Crippen LogP contribution in [-0.4, -0.2) is 42.5 Å². The summed E-state index contributed by atoms with van der Waals surface area (Å²) in [7, 11) is 2.92. The van der Waals surface area contributed by atoms with Gasteiger partial charge in [0.25, 0.3) is 11.7 Å². The molecule has 1 saturated heterocycles. The van der Waals surface area contributed by atoms with E-state index in [4.69, 9.17) is 21.1 Å². The molecule has 0 aromatic heterocycles. The number of ether oxygens (including phenoxy) is 2. The first kappa shape index (κ1) is 23.7. The number of likely N-dealkylation sites (tertiary alicyclic amines) is 1. The van der Waals surface area contributed by atoms with E-state index in [1.165, 1.54) is 31.3 Å². The van der Waals surface area contributed by atoms with Gasteiger partial charge in [0.1, 0.15) is 17.3 Å². The van der Waals surface area contributed by atoms with Crippen molar-refractivity contribution in [3.05, 3.63) is 63.7 Å². The normalized spacial score (nSPS) is 17.7. The van der Waals surface area contributed by atoms with E-state index in [1.807, 2.05) is 31.2 Å². The Kier molecular flexibility index (Phi) is 7.46. The molecule has 2 aromatic carbocycles. The molecule has 32 heavy (non-hydrogen) atoms. The Labute approximate surface area is 193 Å². The molecule has 0 aliphatic carbocycles. The van der Waals surface area contributed by atoms with Crippen LogP contribution in [-0.2, 0) is 16.0 Å². The van der Waals surface area contributed by atoms with E-state index < -0.39 is 17.7 Å². The summed E-state index contributed by atoms with van der Waals surface area (Å²) in [5.74, 6) is -1.02. The van der Waals surface area contributed by atoms with Gasteiger partial charge >= 0.3 is 0 Å². The minimum atomic E-state index is -0.725. The van der Waals surface area contributed by atoms with E-state index in [-0.39, 0.29) is 27.7 Å². The average molecular weight is 458 g/mol. The summed E-state index contributed by atoms with van der Waals surface area (Å²) in [4.78, 5) is 27.6. The number of aliphatic hydroxyl groups is 1. The Morgan fingerprint density at radius 3 is 2.28 bits per heavy atom. The molecule has 1 aliphatic heterocycles. The lowest BCUT2D eigenvalue weighted by Gasteiger charge is -2.25. The largest absolute Gasteiger partial charge is 0.507 e. The van der Waals surface area contributed by atoms with Gasteiger partial charge < -0.3 is 19.5 Å². The number of amides is 1. The Morgan fingerprint density at radius 2 is 1.72 bits per heavy atom. The molecule has 1 fully saturated rings. The van der Waals surface area contributed by atoms with Crippen LogP contribution in [0.2, 0.25) is 5.02 Å². The minimum Gasteiger partial charge on any atom is -0.507 e. The molecule has 1 amide bonds. The quantitative estimate of drug-likeness (QED) is 0.337. The summed E-state index contributed by atoms with van der Waals surface area (Å²) in [5.41, 5.74) is 2.15. The summed E-state index contributed by atoms with van der Waals surface area (Å²) >= 11 is 6.28. The zero-order chi connectivity index (χ0) is 23.4. The maximum absolute atomic E-state index is 13.1. The van der Waals surface area contributed by atoms with Crippen LogP contribution < -0.4 is 9.47 Å². The topological polar surface area (TPSA) is 76.1 Å². The van der Waals surface area contributed by atoms with Crippen LogP contribution in [0.25, 0.3) is 5.76 Å². The molecule has 0 radical (unpaired) electrons. The zero-order valence-electron chi connectivity index (χ0n) is 18.8. The van der Waals surface area contributed by atoms with Crippen molar-refractivity contribution >= 4 is 29.1 Å². The van der Waals surface area contributed by atoms with Gasteiger partial charge in [-0.3, -0.25) is 9.59 Å². The number of halogens is 1. The van der Waals surface area contributed by atoms with Gasteiger partial charge in [0.05, 0.1) is 36.4 Å². The van der Waals surface area contributed by atoms with E-state index in [1.54, 1.807) is 0 Å². The average Bonchev–Trinajstić information content (AvgIpc) is 3.06. The van der Waals surface area contributed by atoms with Gasteiger partial charge in [0.2, 0.25) is 0 Å². The van der Waals surface area contributed by atoms with Gasteiger partial charge in [-0.2, -0.15) is 0 Å². The number of ketones is 1. The molecule has 2 aromatic rings. The third-order valence-corrected chi connectivity index (χ3v) is 6.02. The number of benzene rings is 2. The first-order chi connectivity index (χ1) is 15.4. The SMILES string of the molecule is CCCCN1C(=O)C(=O)/C(=C(/O)c2cc(Cl)c(OC)cc2OC)C1c1ccc(CC)cc1. The molecule has 6 nitrogen and oxygen atoms in total. The predicted molar refractivity (Wildman–Crippen MR) is 124 cm³/mol.